The lowest BCUT2D eigenvalue weighted by Gasteiger charge is -2.26. The highest BCUT2D eigenvalue weighted by atomic mass is 16.7. The first-order chi connectivity index (χ1) is 7.41. The van der Waals surface area contributed by atoms with E-state index in [0.29, 0.717) is 0 Å². The summed E-state index contributed by atoms with van der Waals surface area (Å²) in [7, 11) is 0. The molecule has 0 amide bonds. The SMILES string of the molecule is C1=NOC2(C1)CCCCCCCCCC2. The summed E-state index contributed by atoms with van der Waals surface area (Å²) in [5.74, 6) is 0. The molecular formula is C13H23NO. The highest BCUT2D eigenvalue weighted by Crippen LogP contribution is 2.33. The zero-order valence-corrected chi connectivity index (χ0v) is 9.71. The Morgan fingerprint density at radius 3 is 1.80 bits per heavy atom. The molecule has 1 saturated carbocycles. The monoisotopic (exact) mass is 209 g/mol. The number of rotatable bonds is 0. The van der Waals surface area contributed by atoms with Gasteiger partial charge < -0.3 is 4.84 Å². The van der Waals surface area contributed by atoms with Crippen LogP contribution in [0.1, 0.15) is 70.6 Å². The van der Waals surface area contributed by atoms with Crippen molar-refractivity contribution in [2.24, 2.45) is 5.16 Å². The maximum absolute atomic E-state index is 5.62. The molecule has 2 nitrogen and oxygen atoms in total. The third-order valence-electron chi connectivity index (χ3n) is 3.80. The van der Waals surface area contributed by atoms with Gasteiger partial charge in [0.1, 0.15) is 5.60 Å². The van der Waals surface area contributed by atoms with E-state index in [0.717, 1.165) is 6.42 Å². The number of hydrogen-bond acceptors (Lipinski definition) is 2. The summed E-state index contributed by atoms with van der Waals surface area (Å²) < 4.78 is 0. The first-order valence-corrected chi connectivity index (χ1v) is 6.61. The Bertz CT molecular complexity index is 191. The second-order valence-corrected chi connectivity index (χ2v) is 5.09. The molecule has 0 aromatic heterocycles. The zero-order chi connectivity index (χ0) is 10.4. The molecular weight excluding hydrogens is 186 g/mol. The van der Waals surface area contributed by atoms with Crippen LogP contribution in [0.5, 0.6) is 0 Å². The Morgan fingerprint density at radius 2 is 1.33 bits per heavy atom. The lowest BCUT2D eigenvalue weighted by molar-refractivity contribution is -0.0346. The minimum absolute atomic E-state index is 0.102. The fourth-order valence-corrected chi connectivity index (χ4v) is 2.77. The van der Waals surface area contributed by atoms with Crippen LogP contribution < -0.4 is 0 Å². The van der Waals surface area contributed by atoms with Crippen LogP contribution in [0.25, 0.3) is 0 Å². The fraction of sp³-hybridized carbons (Fsp3) is 0.923. The predicted octanol–water partition coefficient (Wildman–Crippen LogP) is 4.05. The summed E-state index contributed by atoms with van der Waals surface area (Å²) in [6.45, 7) is 0. The number of hydrogen-bond donors (Lipinski definition) is 0. The van der Waals surface area contributed by atoms with Gasteiger partial charge in [-0.25, -0.2) is 0 Å². The highest BCUT2D eigenvalue weighted by molar-refractivity contribution is 5.59. The van der Waals surface area contributed by atoms with Crippen LogP contribution in [0, 0.1) is 0 Å². The van der Waals surface area contributed by atoms with Crippen LogP contribution >= 0.6 is 0 Å². The van der Waals surface area contributed by atoms with Gasteiger partial charge >= 0.3 is 0 Å². The minimum atomic E-state index is 0.102. The standard InChI is InChI=1S/C13H23NO/c1-2-4-6-8-10-13(9-7-5-3-1)11-12-14-15-13/h12H,1-11H2. The van der Waals surface area contributed by atoms with Crippen molar-refractivity contribution >= 4 is 6.21 Å². The Hall–Kier alpha value is -0.530. The second-order valence-electron chi connectivity index (χ2n) is 5.09. The lowest BCUT2D eigenvalue weighted by atomic mass is 9.88. The topological polar surface area (TPSA) is 21.6 Å². The van der Waals surface area contributed by atoms with Gasteiger partial charge in [0.05, 0.1) is 0 Å². The van der Waals surface area contributed by atoms with Crippen LogP contribution in [0.15, 0.2) is 5.16 Å². The van der Waals surface area contributed by atoms with Crippen molar-refractivity contribution in [2.45, 2.75) is 76.2 Å². The Kier molecular flexibility index (Phi) is 4.04. The van der Waals surface area contributed by atoms with Crippen molar-refractivity contribution in [2.75, 3.05) is 0 Å². The molecule has 1 aliphatic carbocycles. The Labute approximate surface area is 93.1 Å². The normalized spacial score (nSPS) is 27.2. The molecule has 1 heterocycles. The zero-order valence-electron chi connectivity index (χ0n) is 9.71. The third kappa shape index (κ3) is 3.22. The van der Waals surface area contributed by atoms with Crippen molar-refractivity contribution in [1.82, 2.24) is 0 Å². The first kappa shape index (κ1) is 11.0. The number of oxime groups is 1. The van der Waals surface area contributed by atoms with Crippen LogP contribution in [0.3, 0.4) is 0 Å². The van der Waals surface area contributed by atoms with Crippen LogP contribution in [-0.2, 0) is 4.84 Å². The maximum Gasteiger partial charge on any atom is 0.142 e. The van der Waals surface area contributed by atoms with Crippen molar-refractivity contribution in [1.29, 1.82) is 0 Å². The molecule has 2 heteroatoms. The molecule has 1 aliphatic heterocycles. The van der Waals surface area contributed by atoms with E-state index < -0.39 is 0 Å². The van der Waals surface area contributed by atoms with Gasteiger partial charge in [0.15, 0.2) is 0 Å². The smallest absolute Gasteiger partial charge is 0.142 e. The summed E-state index contributed by atoms with van der Waals surface area (Å²) in [5.41, 5.74) is 0.102. The van der Waals surface area contributed by atoms with Gasteiger partial charge in [-0.2, -0.15) is 0 Å². The summed E-state index contributed by atoms with van der Waals surface area (Å²) in [4.78, 5) is 5.62. The Balaban J connectivity index is 1.85. The van der Waals surface area contributed by atoms with E-state index in [2.05, 4.69) is 5.16 Å². The first-order valence-electron chi connectivity index (χ1n) is 6.61. The molecule has 86 valence electrons. The van der Waals surface area contributed by atoms with Gasteiger partial charge in [0, 0.05) is 12.6 Å². The van der Waals surface area contributed by atoms with Crippen molar-refractivity contribution in [3.63, 3.8) is 0 Å². The summed E-state index contributed by atoms with van der Waals surface area (Å²) >= 11 is 0. The summed E-state index contributed by atoms with van der Waals surface area (Å²) in [6.07, 6.45) is 16.5. The summed E-state index contributed by atoms with van der Waals surface area (Å²) in [6, 6.07) is 0. The van der Waals surface area contributed by atoms with Crippen LogP contribution in [0.2, 0.25) is 0 Å². The molecule has 0 N–H and O–H groups in total. The van der Waals surface area contributed by atoms with Gasteiger partial charge in [-0.3, -0.25) is 0 Å². The second kappa shape index (κ2) is 5.53. The molecule has 0 unspecified atom stereocenters. The maximum atomic E-state index is 5.62. The van der Waals surface area contributed by atoms with E-state index in [1.807, 2.05) is 6.21 Å². The third-order valence-corrected chi connectivity index (χ3v) is 3.80. The largest absolute Gasteiger partial charge is 0.389 e. The molecule has 2 aliphatic rings. The van der Waals surface area contributed by atoms with Crippen molar-refractivity contribution in [3.8, 4) is 0 Å². The van der Waals surface area contributed by atoms with Gasteiger partial charge in [-0.15, -0.1) is 0 Å². The molecule has 1 spiro atoms. The molecule has 0 aromatic carbocycles. The molecule has 0 atom stereocenters. The van der Waals surface area contributed by atoms with E-state index in [1.165, 1.54) is 64.2 Å². The van der Waals surface area contributed by atoms with E-state index in [9.17, 15) is 0 Å². The van der Waals surface area contributed by atoms with Crippen molar-refractivity contribution < 1.29 is 4.84 Å². The van der Waals surface area contributed by atoms with Gasteiger partial charge in [-0.1, -0.05) is 43.7 Å². The quantitative estimate of drug-likeness (QED) is 0.590. The molecule has 1 fully saturated rings. The lowest BCUT2D eigenvalue weighted by Crippen LogP contribution is -2.27. The van der Waals surface area contributed by atoms with Crippen molar-refractivity contribution in [3.05, 3.63) is 0 Å². The van der Waals surface area contributed by atoms with Crippen LogP contribution in [-0.4, -0.2) is 11.8 Å². The highest BCUT2D eigenvalue weighted by Gasteiger charge is 2.33. The number of nitrogens with zero attached hydrogens (tertiary/aromatic N) is 1. The molecule has 15 heavy (non-hydrogen) atoms. The average Bonchev–Trinajstić information content (AvgIpc) is 2.67. The van der Waals surface area contributed by atoms with E-state index in [4.69, 9.17) is 4.84 Å². The molecule has 2 rings (SSSR count). The Morgan fingerprint density at radius 1 is 0.800 bits per heavy atom. The predicted molar refractivity (Wildman–Crippen MR) is 63.1 cm³/mol. The summed E-state index contributed by atoms with van der Waals surface area (Å²) in [5, 5.41) is 3.99. The van der Waals surface area contributed by atoms with Gasteiger partial charge in [-0.05, 0) is 25.7 Å². The van der Waals surface area contributed by atoms with Gasteiger partial charge in [0.2, 0.25) is 0 Å². The fourth-order valence-electron chi connectivity index (χ4n) is 2.77. The van der Waals surface area contributed by atoms with Crippen LogP contribution in [0.4, 0.5) is 0 Å². The minimum Gasteiger partial charge on any atom is -0.389 e. The molecule has 0 saturated heterocycles. The van der Waals surface area contributed by atoms with Gasteiger partial charge in [0.25, 0.3) is 0 Å². The van der Waals surface area contributed by atoms with E-state index in [1.54, 1.807) is 0 Å². The molecule has 0 radical (unpaired) electrons. The average molecular weight is 209 g/mol. The van der Waals surface area contributed by atoms with E-state index >= 15 is 0 Å². The molecule has 0 bridgehead atoms. The van der Waals surface area contributed by atoms with E-state index in [-0.39, 0.29) is 5.60 Å². The molecule has 0 aromatic rings.